The second-order valence-corrected chi connectivity index (χ2v) is 5.09. The average molecular weight is 392 g/mol. The lowest BCUT2D eigenvalue weighted by atomic mass is 10.2. The van der Waals surface area contributed by atoms with Crippen LogP contribution in [0.15, 0.2) is 30.3 Å². The average Bonchev–Trinajstić information content (AvgIpc) is 2.33. The van der Waals surface area contributed by atoms with E-state index in [1.165, 1.54) is 12.1 Å². The van der Waals surface area contributed by atoms with Crippen molar-refractivity contribution in [3.8, 4) is 0 Å². The summed E-state index contributed by atoms with van der Waals surface area (Å²) in [5, 5.41) is 2.25. The summed E-state index contributed by atoms with van der Waals surface area (Å²) in [6.45, 7) is 0. The summed E-state index contributed by atoms with van der Waals surface area (Å²) in [6.07, 6.45) is 0. The predicted molar refractivity (Wildman–Crippen MR) is 77.8 cm³/mol. The van der Waals surface area contributed by atoms with Gasteiger partial charge in [-0.1, -0.05) is 0 Å². The maximum atomic E-state index is 13.6. The summed E-state index contributed by atoms with van der Waals surface area (Å²) < 4.78 is 39.8. The molecule has 2 aromatic rings. The molecule has 0 atom stereocenters. The first kappa shape index (κ1) is 14.6. The zero-order chi connectivity index (χ0) is 14.9. The number of amides is 1. The largest absolute Gasteiger partial charge is 0.397 e. The lowest BCUT2D eigenvalue weighted by Gasteiger charge is -2.10. The van der Waals surface area contributed by atoms with Gasteiger partial charge in [0.1, 0.15) is 17.3 Å². The van der Waals surface area contributed by atoms with Crippen molar-refractivity contribution in [2.75, 3.05) is 11.1 Å². The molecule has 0 radical (unpaired) electrons. The molecule has 0 fully saturated rings. The molecule has 0 bridgehead atoms. The van der Waals surface area contributed by atoms with Crippen molar-refractivity contribution in [2.24, 2.45) is 0 Å². The van der Waals surface area contributed by atoms with Gasteiger partial charge in [-0.25, -0.2) is 13.2 Å². The van der Waals surface area contributed by atoms with Gasteiger partial charge in [0.05, 0.1) is 11.3 Å². The first-order chi connectivity index (χ1) is 9.38. The fraction of sp³-hybridized carbons (Fsp3) is 0. The lowest BCUT2D eigenvalue weighted by Crippen LogP contribution is -2.16. The Morgan fingerprint density at radius 3 is 2.40 bits per heavy atom. The van der Waals surface area contributed by atoms with Gasteiger partial charge >= 0.3 is 0 Å². The Bertz CT molecular complexity index is 668. The van der Waals surface area contributed by atoms with E-state index in [1.54, 1.807) is 22.6 Å². The highest BCUT2D eigenvalue weighted by molar-refractivity contribution is 14.1. The second-order valence-electron chi connectivity index (χ2n) is 3.93. The number of halogens is 4. The number of nitrogens with one attached hydrogen (secondary N) is 1. The minimum atomic E-state index is -0.979. The summed E-state index contributed by atoms with van der Waals surface area (Å²) in [5.41, 5.74) is 5.08. The summed E-state index contributed by atoms with van der Waals surface area (Å²) >= 11 is 1.78. The van der Waals surface area contributed by atoms with Crippen molar-refractivity contribution < 1.29 is 18.0 Å². The number of benzene rings is 2. The molecule has 7 heteroatoms. The minimum absolute atomic E-state index is 0.162. The normalized spacial score (nSPS) is 10.4. The van der Waals surface area contributed by atoms with Gasteiger partial charge in [0.2, 0.25) is 0 Å². The quantitative estimate of drug-likeness (QED) is 0.607. The third-order valence-corrected chi connectivity index (χ3v) is 3.39. The molecule has 104 valence electrons. The highest BCUT2D eigenvalue weighted by atomic mass is 127. The Hall–Kier alpha value is -1.77. The van der Waals surface area contributed by atoms with Crippen molar-refractivity contribution in [3.63, 3.8) is 0 Å². The van der Waals surface area contributed by atoms with Crippen LogP contribution in [0, 0.1) is 21.0 Å². The van der Waals surface area contributed by atoms with E-state index >= 15 is 0 Å². The van der Waals surface area contributed by atoms with Crippen LogP contribution in [0.4, 0.5) is 24.5 Å². The van der Waals surface area contributed by atoms with E-state index in [2.05, 4.69) is 5.32 Å². The standard InChI is InChI=1S/C13H8F3IN2O/c14-6-1-2-8(10(17)4-6)13(20)19-12-9(16)3-7(15)5-11(12)18/h1-5H,18H2,(H,19,20). The van der Waals surface area contributed by atoms with Crippen molar-refractivity contribution >= 4 is 39.9 Å². The Morgan fingerprint density at radius 2 is 1.80 bits per heavy atom. The summed E-state index contributed by atoms with van der Waals surface area (Å²) in [6, 6.07) is 5.06. The number of nitrogens with two attached hydrogens (primary N) is 1. The van der Waals surface area contributed by atoms with E-state index in [0.29, 0.717) is 9.64 Å². The van der Waals surface area contributed by atoms with Crippen molar-refractivity contribution in [1.82, 2.24) is 0 Å². The number of anilines is 2. The third-order valence-electron chi connectivity index (χ3n) is 2.50. The molecule has 3 nitrogen and oxygen atoms in total. The first-order valence-electron chi connectivity index (χ1n) is 5.39. The molecule has 0 spiro atoms. The number of nitrogen functional groups attached to an aromatic ring is 1. The molecule has 0 heterocycles. The number of carbonyl (C=O) groups is 1. The Labute approximate surface area is 126 Å². The minimum Gasteiger partial charge on any atom is -0.397 e. The van der Waals surface area contributed by atoms with E-state index in [9.17, 15) is 18.0 Å². The molecule has 0 aromatic heterocycles. The predicted octanol–water partition coefficient (Wildman–Crippen LogP) is 3.54. The molecule has 0 unspecified atom stereocenters. The van der Waals surface area contributed by atoms with E-state index < -0.39 is 23.4 Å². The van der Waals surface area contributed by atoms with E-state index in [-0.39, 0.29) is 16.9 Å². The molecule has 2 rings (SSSR count). The van der Waals surface area contributed by atoms with Crippen LogP contribution in [0.5, 0.6) is 0 Å². The van der Waals surface area contributed by atoms with Gasteiger partial charge in [0, 0.05) is 9.64 Å². The maximum Gasteiger partial charge on any atom is 0.256 e. The molecule has 0 aliphatic carbocycles. The van der Waals surface area contributed by atoms with E-state index in [4.69, 9.17) is 5.73 Å². The van der Waals surface area contributed by atoms with Crippen LogP contribution >= 0.6 is 22.6 Å². The van der Waals surface area contributed by atoms with Crippen LogP contribution in [0.3, 0.4) is 0 Å². The fourth-order valence-corrected chi connectivity index (χ4v) is 2.30. The Morgan fingerprint density at radius 1 is 1.10 bits per heavy atom. The van der Waals surface area contributed by atoms with Crippen molar-refractivity contribution in [3.05, 3.63) is 56.9 Å². The van der Waals surface area contributed by atoms with Crippen LogP contribution in [0.1, 0.15) is 10.4 Å². The summed E-state index contributed by atoms with van der Waals surface area (Å²) in [4.78, 5) is 12.0. The van der Waals surface area contributed by atoms with Gasteiger partial charge in [-0.2, -0.15) is 0 Å². The summed E-state index contributed by atoms with van der Waals surface area (Å²) in [5.74, 6) is -2.97. The molecule has 0 aliphatic heterocycles. The molecule has 20 heavy (non-hydrogen) atoms. The molecule has 0 saturated heterocycles. The number of rotatable bonds is 2. The molecular formula is C13H8F3IN2O. The monoisotopic (exact) mass is 392 g/mol. The van der Waals surface area contributed by atoms with Crippen molar-refractivity contribution in [1.29, 1.82) is 0 Å². The zero-order valence-corrected chi connectivity index (χ0v) is 12.0. The topological polar surface area (TPSA) is 55.1 Å². The first-order valence-corrected chi connectivity index (χ1v) is 6.47. The Balaban J connectivity index is 2.33. The van der Waals surface area contributed by atoms with Gasteiger partial charge in [-0.15, -0.1) is 0 Å². The van der Waals surface area contributed by atoms with Crippen LogP contribution in [-0.2, 0) is 0 Å². The smallest absolute Gasteiger partial charge is 0.256 e. The van der Waals surface area contributed by atoms with Crippen LogP contribution in [0.25, 0.3) is 0 Å². The summed E-state index contributed by atoms with van der Waals surface area (Å²) in [7, 11) is 0. The fourth-order valence-electron chi connectivity index (χ4n) is 1.58. The van der Waals surface area contributed by atoms with Crippen molar-refractivity contribution in [2.45, 2.75) is 0 Å². The van der Waals surface area contributed by atoms with Gasteiger partial charge in [-0.3, -0.25) is 4.79 Å². The van der Waals surface area contributed by atoms with Crippen LogP contribution in [-0.4, -0.2) is 5.91 Å². The number of carbonyl (C=O) groups excluding carboxylic acids is 1. The molecule has 0 saturated carbocycles. The molecule has 2 aromatic carbocycles. The van der Waals surface area contributed by atoms with E-state index in [0.717, 1.165) is 12.1 Å². The molecule has 0 aliphatic rings. The Kier molecular flexibility index (Phi) is 4.17. The molecule has 1 amide bonds. The zero-order valence-electron chi connectivity index (χ0n) is 9.88. The second kappa shape index (κ2) is 5.70. The number of hydrogen-bond donors (Lipinski definition) is 2. The van der Waals surface area contributed by atoms with Gasteiger partial charge in [0.25, 0.3) is 5.91 Å². The van der Waals surface area contributed by atoms with Crippen LogP contribution in [0.2, 0.25) is 0 Å². The maximum absolute atomic E-state index is 13.6. The SMILES string of the molecule is Nc1cc(F)cc(F)c1NC(=O)c1ccc(F)cc1I. The van der Waals surface area contributed by atoms with Gasteiger partial charge in [0.15, 0.2) is 5.82 Å². The highest BCUT2D eigenvalue weighted by Gasteiger charge is 2.16. The lowest BCUT2D eigenvalue weighted by molar-refractivity contribution is 0.102. The molecular weight excluding hydrogens is 384 g/mol. The molecule has 3 N–H and O–H groups in total. The van der Waals surface area contributed by atoms with E-state index in [1.807, 2.05) is 0 Å². The highest BCUT2D eigenvalue weighted by Crippen LogP contribution is 2.25. The van der Waals surface area contributed by atoms with Gasteiger partial charge in [-0.05, 0) is 46.9 Å². The van der Waals surface area contributed by atoms with Gasteiger partial charge < -0.3 is 11.1 Å². The number of hydrogen-bond acceptors (Lipinski definition) is 2. The van der Waals surface area contributed by atoms with Crippen LogP contribution < -0.4 is 11.1 Å². The third kappa shape index (κ3) is 3.03.